The lowest BCUT2D eigenvalue weighted by Gasteiger charge is -2.13. The third-order valence-electron chi connectivity index (χ3n) is 3.01. The molecule has 2 rings (SSSR count). The van der Waals surface area contributed by atoms with Crippen molar-refractivity contribution in [2.24, 2.45) is 0 Å². The second kappa shape index (κ2) is 5.58. The Morgan fingerprint density at radius 1 is 1.18 bits per heavy atom. The fraction of sp³-hybridized carbons (Fsp3) is 0.231. The van der Waals surface area contributed by atoms with Crippen LogP contribution in [0.4, 0.5) is 13.2 Å². The summed E-state index contributed by atoms with van der Waals surface area (Å²) in [4.78, 5) is 23.6. The molecule has 2 N–H and O–H groups in total. The Bertz CT molecular complexity index is 791. The highest BCUT2D eigenvalue weighted by Crippen LogP contribution is 2.26. The minimum Gasteiger partial charge on any atom is -0.497 e. The summed E-state index contributed by atoms with van der Waals surface area (Å²) in [7, 11) is 1.47. The van der Waals surface area contributed by atoms with Crippen molar-refractivity contribution in [1.29, 1.82) is 0 Å². The highest BCUT2D eigenvalue weighted by atomic mass is 19.4. The maximum absolute atomic E-state index is 12.6. The molecule has 2 aromatic rings. The van der Waals surface area contributed by atoms with Crippen molar-refractivity contribution < 1.29 is 17.9 Å². The maximum atomic E-state index is 12.6. The van der Waals surface area contributed by atoms with E-state index >= 15 is 0 Å². The molecule has 0 bridgehead atoms. The predicted molar refractivity (Wildman–Crippen MR) is 72.2 cm³/mol. The summed E-state index contributed by atoms with van der Waals surface area (Å²) in [6.07, 6.45) is -4.88. The Morgan fingerprint density at radius 2 is 1.77 bits per heavy atom. The van der Waals surface area contributed by atoms with Gasteiger partial charge in [0.15, 0.2) is 5.69 Å². The Balaban J connectivity index is 2.46. The number of nitrogens with two attached hydrogens (primary N) is 1. The van der Waals surface area contributed by atoms with E-state index in [1.807, 2.05) is 0 Å². The first-order chi connectivity index (χ1) is 10.2. The van der Waals surface area contributed by atoms with E-state index in [1.165, 1.54) is 7.11 Å². The van der Waals surface area contributed by atoms with Crippen molar-refractivity contribution in [3.8, 4) is 5.75 Å². The predicted octanol–water partition coefficient (Wildman–Crippen LogP) is 0.800. The van der Waals surface area contributed by atoms with Crippen LogP contribution >= 0.6 is 0 Å². The Kier molecular flexibility index (Phi) is 3.98. The van der Waals surface area contributed by atoms with Crippen molar-refractivity contribution in [3.05, 3.63) is 62.4 Å². The van der Waals surface area contributed by atoms with Crippen LogP contribution in [0, 0.1) is 0 Å². The summed E-state index contributed by atoms with van der Waals surface area (Å²) in [5, 5.41) is 0. The Labute approximate surface area is 122 Å². The number of methoxy groups -OCH3 is 1. The van der Waals surface area contributed by atoms with E-state index in [-0.39, 0.29) is 11.2 Å². The third-order valence-corrected chi connectivity index (χ3v) is 3.01. The molecule has 0 spiro atoms. The molecule has 118 valence electrons. The summed E-state index contributed by atoms with van der Waals surface area (Å²) in [5.74, 6) is 5.71. The molecule has 0 unspecified atom stereocenters. The van der Waals surface area contributed by atoms with E-state index in [0.29, 0.717) is 21.9 Å². The molecule has 0 fully saturated rings. The summed E-state index contributed by atoms with van der Waals surface area (Å²) < 4.78 is 43.5. The topological polar surface area (TPSA) is 79.2 Å². The van der Waals surface area contributed by atoms with E-state index in [4.69, 9.17) is 10.6 Å². The van der Waals surface area contributed by atoms with Gasteiger partial charge in [-0.3, -0.25) is 9.36 Å². The zero-order valence-corrected chi connectivity index (χ0v) is 11.4. The molecule has 6 nitrogen and oxygen atoms in total. The second-order valence-corrected chi connectivity index (χ2v) is 4.45. The SMILES string of the molecule is COc1ccc(Cn2c(=O)cc(C(F)(F)F)n(N)c2=O)cc1. The quantitative estimate of drug-likeness (QED) is 0.850. The lowest BCUT2D eigenvalue weighted by Crippen LogP contribution is -2.46. The first kappa shape index (κ1) is 15.7. The number of benzene rings is 1. The Morgan fingerprint density at radius 3 is 2.27 bits per heavy atom. The van der Waals surface area contributed by atoms with Crippen molar-refractivity contribution in [1.82, 2.24) is 9.24 Å². The molecule has 9 heteroatoms. The number of hydrogen-bond donors (Lipinski definition) is 1. The van der Waals surface area contributed by atoms with Gasteiger partial charge >= 0.3 is 11.9 Å². The largest absolute Gasteiger partial charge is 0.497 e. The van der Waals surface area contributed by atoms with Gasteiger partial charge in [0.1, 0.15) is 5.75 Å². The summed E-state index contributed by atoms with van der Waals surface area (Å²) in [6.45, 7) is -0.197. The van der Waals surface area contributed by atoms with Gasteiger partial charge in [-0.25, -0.2) is 9.47 Å². The molecular weight excluding hydrogens is 303 g/mol. The summed E-state index contributed by atoms with van der Waals surface area (Å²) in [5.41, 5.74) is -3.27. The zero-order chi connectivity index (χ0) is 16.5. The molecule has 0 aliphatic rings. The van der Waals surface area contributed by atoms with Crippen molar-refractivity contribution in [2.45, 2.75) is 12.7 Å². The van der Waals surface area contributed by atoms with Crippen molar-refractivity contribution in [3.63, 3.8) is 0 Å². The highest BCUT2D eigenvalue weighted by molar-refractivity contribution is 5.27. The van der Waals surface area contributed by atoms with Crippen LogP contribution in [-0.2, 0) is 12.7 Å². The van der Waals surface area contributed by atoms with Gasteiger partial charge < -0.3 is 10.6 Å². The monoisotopic (exact) mass is 315 g/mol. The van der Waals surface area contributed by atoms with Crippen molar-refractivity contribution >= 4 is 0 Å². The number of ether oxygens (including phenoxy) is 1. The highest BCUT2D eigenvalue weighted by Gasteiger charge is 2.35. The molecule has 1 aromatic carbocycles. The van der Waals surface area contributed by atoms with Gasteiger partial charge in [-0.05, 0) is 17.7 Å². The van der Waals surface area contributed by atoms with Gasteiger partial charge in [0.25, 0.3) is 5.56 Å². The molecule has 1 heterocycles. The molecule has 0 saturated carbocycles. The molecule has 0 saturated heterocycles. The molecule has 0 atom stereocenters. The van der Waals surface area contributed by atoms with Crippen LogP contribution < -0.4 is 21.8 Å². The van der Waals surface area contributed by atoms with Crippen LogP contribution in [0.3, 0.4) is 0 Å². The average molecular weight is 315 g/mol. The van der Waals surface area contributed by atoms with E-state index in [9.17, 15) is 22.8 Å². The minimum absolute atomic E-state index is 0.0784. The van der Waals surface area contributed by atoms with E-state index in [1.54, 1.807) is 24.3 Å². The fourth-order valence-electron chi connectivity index (χ4n) is 1.87. The first-order valence-corrected chi connectivity index (χ1v) is 6.06. The van der Waals surface area contributed by atoms with Gasteiger partial charge in [-0.15, -0.1) is 0 Å². The maximum Gasteiger partial charge on any atom is 0.433 e. The van der Waals surface area contributed by atoms with Gasteiger partial charge in [0, 0.05) is 6.07 Å². The normalized spacial score (nSPS) is 11.5. The molecular formula is C13H12F3N3O3. The van der Waals surface area contributed by atoms with Crippen LogP contribution in [0.1, 0.15) is 11.3 Å². The van der Waals surface area contributed by atoms with Crippen molar-refractivity contribution in [2.75, 3.05) is 13.0 Å². The number of aromatic nitrogens is 2. The lowest BCUT2D eigenvalue weighted by molar-refractivity contribution is -0.143. The van der Waals surface area contributed by atoms with Gasteiger partial charge in [-0.1, -0.05) is 12.1 Å². The van der Waals surface area contributed by atoms with E-state index in [2.05, 4.69) is 0 Å². The number of nitrogens with zero attached hydrogens (tertiary/aromatic N) is 2. The van der Waals surface area contributed by atoms with Gasteiger partial charge in [-0.2, -0.15) is 13.2 Å². The number of hydrogen-bond acceptors (Lipinski definition) is 4. The summed E-state index contributed by atoms with van der Waals surface area (Å²) in [6, 6.07) is 6.67. The minimum atomic E-state index is -4.88. The number of alkyl halides is 3. The van der Waals surface area contributed by atoms with Crippen LogP contribution in [-0.4, -0.2) is 16.4 Å². The molecule has 22 heavy (non-hydrogen) atoms. The first-order valence-electron chi connectivity index (χ1n) is 6.06. The number of rotatable bonds is 3. The van der Waals surface area contributed by atoms with Crippen LogP contribution in [0.5, 0.6) is 5.75 Å². The van der Waals surface area contributed by atoms with Crippen LogP contribution in [0.2, 0.25) is 0 Å². The number of halogens is 3. The average Bonchev–Trinajstić information content (AvgIpc) is 2.47. The van der Waals surface area contributed by atoms with E-state index < -0.39 is 23.1 Å². The lowest BCUT2D eigenvalue weighted by atomic mass is 10.2. The summed E-state index contributed by atoms with van der Waals surface area (Å²) >= 11 is 0. The Hall–Kier alpha value is -2.71. The third kappa shape index (κ3) is 2.97. The second-order valence-electron chi connectivity index (χ2n) is 4.45. The van der Waals surface area contributed by atoms with Crippen LogP contribution in [0.15, 0.2) is 39.9 Å². The molecule has 1 aromatic heterocycles. The number of nitrogen functional groups attached to an aromatic ring is 1. The molecule has 0 aliphatic carbocycles. The standard InChI is InChI=1S/C13H12F3N3O3/c1-22-9-4-2-8(3-5-9)7-18-11(20)6-10(13(14,15)16)19(17)12(18)21/h2-6H,7,17H2,1H3. The van der Waals surface area contributed by atoms with Crippen LogP contribution in [0.25, 0.3) is 0 Å². The van der Waals surface area contributed by atoms with E-state index in [0.717, 1.165) is 0 Å². The van der Waals surface area contributed by atoms with Gasteiger partial charge in [0.05, 0.1) is 13.7 Å². The van der Waals surface area contributed by atoms with Gasteiger partial charge in [0.2, 0.25) is 0 Å². The zero-order valence-electron chi connectivity index (χ0n) is 11.4. The molecule has 0 amide bonds. The smallest absolute Gasteiger partial charge is 0.433 e. The molecule has 0 aliphatic heterocycles. The molecule has 0 radical (unpaired) electrons. The fourth-order valence-corrected chi connectivity index (χ4v) is 1.87.